The minimum Gasteiger partial charge on any atom is -0.329 e. The Morgan fingerprint density at radius 2 is 2.14 bits per heavy atom. The van der Waals surface area contributed by atoms with Crippen LogP contribution in [0.5, 0.6) is 0 Å². The number of piperazine rings is 1. The van der Waals surface area contributed by atoms with Crippen molar-refractivity contribution in [3.8, 4) is 0 Å². The topological polar surface area (TPSA) is 50.3 Å². The van der Waals surface area contributed by atoms with Crippen molar-refractivity contribution in [3.05, 3.63) is 18.0 Å². The van der Waals surface area contributed by atoms with Crippen LogP contribution in [0.3, 0.4) is 0 Å². The van der Waals surface area contributed by atoms with Gasteiger partial charge in [-0.2, -0.15) is 5.10 Å². The van der Waals surface area contributed by atoms with Gasteiger partial charge in [0.25, 0.3) is 0 Å². The lowest BCUT2D eigenvalue weighted by Gasteiger charge is -2.46. The van der Waals surface area contributed by atoms with Gasteiger partial charge in [0.2, 0.25) is 0 Å². The van der Waals surface area contributed by atoms with E-state index >= 15 is 0 Å². The largest absolute Gasteiger partial charge is 0.329 e. The second-order valence-electron chi connectivity index (χ2n) is 6.78. The first kappa shape index (κ1) is 15.0. The zero-order valence-electron chi connectivity index (χ0n) is 13.4. The number of hydrogen-bond acceptors (Lipinski definition) is 4. The molecular formula is C16H29N5. The summed E-state index contributed by atoms with van der Waals surface area (Å²) in [6.45, 7) is 9.77. The lowest BCUT2D eigenvalue weighted by molar-refractivity contribution is 0.0286. The Morgan fingerprint density at radius 1 is 1.29 bits per heavy atom. The van der Waals surface area contributed by atoms with Crippen LogP contribution < -0.4 is 5.73 Å². The number of nitrogens with zero attached hydrogens (tertiary/aromatic N) is 4. The van der Waals surface area contributed by atoms with Crippen molar-refractivity contribution in [2.75, 3.05) is 32.7 Å². The second-order valence-corrected chi connectivity index (χ2v) is 6.78. The quantitative estimate of drug-likeness (QED) is 0.916. The molecule has 2 N–H and O–H groups in total. The maximum absolute atomic E-state index is 6.10. The third-order valence-electron chi connectivity index (χ3n) is 5.07. The van der Waals surface area contributed by atoms with Gasteiger partial charge in [-0.15, -0.1) is 0 Å². The molecule has 0 aliphatic carbocycles. The normalized spacial score (nSPS) is 26.0. The van der Waals surface area contributed by atoms with Crippen molar-refractivity contribution in [1.82, 2.24) is 19.6 Å². The van der Waals surface area contributed by atoms with E-state index in [1.165, 1.54) is 37.9 Å². The minimum atomic E-state index is 0.321. The van der Waals surface area contributed by atoms with E-state index in [0.29, 0.717) is 18.6 Å². The van der Waals surface area contributed by atoms with Gasteiger partial charge < -0.3 is 5.73 Å². The zero-order chi connectivity index (χ0) is 14.8. The molecule has 2 unspecified atom stereocenters. The SMILES string of the molecule is CC(C)n1cc(C(CN)N2CCN3CCCCC3C2)cn1. The molecular weight excluding hydrogens is 262 g/mol. The number of piperidine rings is 1. The van der Waals surface area contributed by atoms with Crippen molar-refractivity contribution in [2.24, 2.45) is 5.73 Å². The molecule has 118 valence electrons. The van der Waals surface area contributed by atoms with Crippen molar-refractivity contribution in [3.63, 3.8) is 0 Å². The lowest BCUT2D eigenvalue weighted by Crippen LogP contribution is -2.56. The van der Waals surface area contributed by atoms with E-state index < -0.39 is 0 Å². The highest BCUT2D eigenvalue weighted by atomic mass is 15.3. The lowest BCUT2D eigenvalue weighted by atomic mass is 9.97. The highest BCUT2D eigenvalue weighted by Crippen LogP contribution is 2.27. The molecule has 0 aromatic carbocycles. The summed E-state index contributed by atoms with van der Waals surface area (Å²) in [7, 11) is 0. The standard InChI is InChI=1S/C16H29N5/c1-13(2)21-11-14(10-18-21)16(9-17)20-8-7-19-6-4-3-5-15(19)12-20/h10-11,13,15-16H,3-9,12,17H2,1-2H3. The highest BCUT2D eigenvalue weighted by molar-refractivity contribution is 5.12. The van der Waals surface area contributed by atoms with Crippen LogP contribution in [0.2, 0.25) is 0 Å². The van der Waals surface area contributed by atoms with Gasteiger partial charge >= 0.3 is 0 Å². The van der Waals surface area contributed by atoms with Crippen molar-refractivity contribution in [2.45, 2.75) is 51.2 Å². The van der Waals surface area contributed by atoms with Crippen LogP contribution in [0, 0.1) is 0 Å². The summed E-state index contributed by atoms with van der Waals surface area (Å²) in [5.74, 6) is 0. The molecule has 5 nitrogen and oxygen atoms in total. The molecule has 21 heavy (non-hydrogen) atoms. The van der Waals surface area contributed by atoms with Crippen molar-refractivity contribution < 1.29 is 0 Å². The maximum Gasteiger partial charge on any atom is 0.0538 e. The molecule has 1 aromatic rings. The smallest absolute Gasteiger partial charge is 0.0538 e. The molecule has 2 fully saturated rings. The Morgan fingerprint density at radius 3 is 2.86 bits per heavy atom. The molecule has 2 aliphatic rings. The fourth-order valence-corrected chi connectivity index (χ4v) is 3.77. The van der Waals surface area contributed by atoms with E-state index in [-0.39, 0.29) is 0 Å². The van der Waals surface area contributed by atoms with Gasteiger partial charge in [-0.1, -0.05) is 6.42 Å². The fraction of sp³-hybridized carbons (Fsp3) is 0.812. The van der Waals surface area contributed by atoms with E-state index in [4.69, 9.17) is 5.73 Å². The summed E-state index contributed by atoms with van der Waals surface area (Å²) >= 11 is 0. The summed E-state index contributed by atoms with van der Waals surface area (Å²) in [6.07, 6.45) is 8.28. The molecule has 0 radical (unpaired) electrons. The molecule has 2 aliphatic heterocycles. The molecule has 3 rings (SSSR count). The first-order valence-electron chi connectivity index (χ1n) is 8.41. The monoisotopic (exact) mass is 291 g/mol. The number of nitrogens with two attached hydrogens (primary N) is 1. The first-order valence-corrected chi connectivity index (χ1v) is 8.41. The molecule has 1 aromatic heterocycles. The molecule has 0 amide bonds. The molecule has 3 heterocycles. The van der Waals surface area contributed by atoms with Gasteiger partial charge in [-0.05, 0) is 33.2 Å². The predicted octanol–water partition coefficient (Wildman–Crippen LogP) is 1.63. The fourth-order valence-electron chi connectivity index (χ4n) is 3.77. The van der Waals surface area contributed by atoms with E-state index in [9.17, 15) is 0 Å². The molecule has 0 spiro atoms. The number of hydrogen-bond donors (Lipinski definition) is 1. The highest BCUT2D eigenvalue weighted by Gasteiger charge is 2.32. The maximum atomic E-state index is 6.10. The van der Waals surface area contributed by atoms with Crippen molar-refractivity contribution in [1.29, 1.82) is 0 Å². The van der Waals surface area contributed by atoms with E-state index in [2.05, 4.69) is 34.9 Å². The Kier molecular flexibility index (Phi) is 4.62. The third-order valence-corrected chi connectivity index (χ3v) is 5.07. The Labute approximate surface area is 128 Å². The summed E-state index contributed by atoms with van der Waals surface area (Å²) < 4.78 is 2.04. The molecule has 5 heteroatoms. The van der Waals surface area contributed by atoms with Crippen LogP contribution in [-0.2, 0) is 0 Å². The van der Waals surface area contributed by atoms with Crippen LogP contribution in [0.25, 0.3) is 0 Å². The number of fused-ring (bicyclic) bond motifs is 1. The Bertz CT molecular complexity index is 455. The van der Waals surface area contributed by atoms with Gasteiger partial charge in [-0.3, -0.25) is 14.5 Å². The van der Waals surface area contributed by atoms with E-state index in [1.807, 2.05) is 10.9 Å². The second kappa shape index (κ2) is 6.46. The summed E-state index contributed by atoms with van der Waals surface area (Å²) in [4.78, 5) is 5.25. The summed E-state index contributed by atoms with van der Waals surface area (Å²) in [5.41, 5.74) is 7.37. The first-order chi connectivity index (χ1) is 10.2. The van der Waals surface area contributed by atoms with Gasteiger partial charge in [0.15, 0.2) is 0 Å². The van der Waals surface area contributed by atoms with Gasteiger partial charge in [-0.25, -0.2) is 0 Å². The predicted molar refractivity (Wildman–Crippen MR) is 85.2 cm³/mol. The van der Waals surface area contributed by atoms with Crippen LogP contribution in [0.4, 0.5) is 0 Å². The van der Waals surface area contributed by atoms with Gasteiger partial charge in [0.05, 0.1) is 12.2 Å². The third kappa shape index (κ3) is 3.15. The summed E-state index contributed by atoms with van der Waals surface area (Å²) in [6, 6.07) is 1.47. The summed E-state index contributed by atoms with van der Waals surface area (Å²) in [5, 5.41) is 4.48. The van der Waals surface area contributed by atoms with Crippen LogP contribution >= 0.6 is 0 Å². The van der Waals surface area contributed by atoms with Gasteiger partial charge in [0.1, 0.15) is 0 Å². The van der Waals surface area contributed by atoms with E-state index in [0.717, 1.165) is 19.1 Å². The number of rotatable bonds is 4. The van der Waals surface area contributed by atoms with Crippen LogP contribution in [0.15, 0.2) is 12.4 Å². The zero-order valence-corrected chi connectivity index (χ0v) is 13.4. The van der Waals surface area contributed by atoms with Crippen LogP contribution in [0.1, 0.15) is 50.8 Å². The Balaban J connectivity index is 1.70. The van der Waals surface area contributed by atoms with E-state index in [1.54, 1.807) is 0 Å². The average Bonchev–Trinajstić information content (AvgIpc) is 2.98. The van der Waals surface area contributed by atoms with Crippen LogP contribution in [-0.4, -0.2) is 58.3 Å². The average molecular weight is 291 g/mol. The van der Waals surface area contributed by atoms with Gasteiger partial charge in [0, 0.05) is 50.0 Å². The Hall–Kier alpha value is -0.910. The molecule has 0 bridgehead atoms. The molecule has 0 saturated carbocycles. The van der Waals surface area contributed by atoms with Crippen molar-refractivity contribution >= 4 is 0 Å². The number of aromatic nitrogens is 2. The molecule has 2 atom stereocenters. The molecule has 2 saturated heterocycles. The minimum absolute atomic E-state index is 0.321.